The van der Waals surface area contributed by atoms with Crippen molar-refractivity contribution in [1.82, 2.24) is 0 Å². The van der Waals surface area contributed by atoms with Crippen molar-refractivity contribution in [3.05, 3.63) is 11.1 Å². The molecule has 0 aliphatic heterocycles. The molecule has 3 rings (SSSR count). The van der Waals surface area contributed by atoms with Gasteiger partial charge in [0.25, 0.3) is 0 Å². The summed E-state index contributed by atoms with van der Waals surface area (Å²) in [5.74, 6) is -2.41. The summed E-state index contributed by atoms with van der Waals surface area (Å²) >= 11 is 0. The summed E-state index contributed by atoms with van der Waals surface area (Å²) in [6.45, 7) is 11.5. The number of rotatable bonds is 3. The first-order valence-corrected chi connectivity index (χ1v) is 11.6. The van der Waals surface area contributed by atoms with Gasteiger partial charge in [-0.2, -0.15) is 0 Å². The van der Waals surface area contributed by atoms with E-state index in [1.807, 2.05) is 20.8 Å². The van der Waals surface area contributed by atoms with Gasteiger partial charge in [0.1, 0.15) is 5.60 Å². The lowest BCUT2D eigenvalue weighted by atomic mass is 9.47. The summed E-state index contributed by atoms with van der Waals surface area (Å²) in [6.07, 6.45) is -2.00. The van der Waals surface area contributed by atoms with Gasteiger partial charge in [-0.1, -0.05) is 19.4 Å². The Kier molecular flexibility index (Phi) is 6.40. The minimum absolute atomic E-state index is 0.0473. The van der Waals surface area contributed by atoms with Gasteiger partial charge < -0.3 is 24.4 Å². The first-order chi connectivity index (χ1) is 15.1. The average molecular weight is 467 g/mol. The molecule has 0 amide bonds. The molecule has 186 valence electrons. The lowest BCUT2D eigenvalue weighted by Gasteiger charge is -2.62. The van der Waals surface area contributed by atoms with Crippen LogP contribution in [0.3, 0.4) is 0 Å². The van der Waals surface area contributed by atoms with E-state index >= 15 is 0 Å². The van der Waals surface area contributed by atoms with Gasteiger partial charge in [-0.15, -0.1) is 0 Å². The van der Waals surface area contributed by atoms with Crippen molar-refractivity contribution in [2.75, 3.05) is 7.11 Å². The number of fused-ring (bicyclic) bond motifs is 3. The molecule has 8 nitrogen and oxygen atoms in total. The van der Waals surface area contributed by atoms with Gasteiger partial charge in [0.15, 0.2) is 11.9 Å². The Balaban J connectivity index is 2.34. The van der Waals surface area contributed by atoms with E-state index in [0.717, 1.165) is 5.57 Å². The van der Waals surface area contributed by atoms with Gasteiger partial charge in [-0.3, -0.25) is 14.4 Å². The highest BCUT2D eigenvalue weighted by Gasteiger charge is 2.69. The summed E-state index contributed by atoms with van der Waals surface area (Å²) in [5.41, 5.74) is -3.49. The van der Waals surface area contributed by atoms with E-state index in [2.05, 4.69) is 0 Å². The van der Waals surface area contributed by atoms with Crippen molar-refractivity contribution in [1.29, 1.82) is 0 Å². The number of ketones is 1. The lowest BCUT2D eigenvalue weighted by molar-refractivity contribution is -0.248. The number of aliphatic hydroxyl groups excluding tert-OH is 1. The number of aliphatic hydroxyl groups is 2. The molecule has 0 spiro atoms. The minimum atomic E-state index is -1.47. The van der Waals surface area contributed by atoms with Crippen LogP contribution in [-0.2, 0) is 28.6 Å². The zero-order valence-corrected chi connectivity index (χ0v) is 21.0. The van der Waals surface area contributed by atoms with Crippen LogP contribution in [0.5, 0.6) is 0 Å². The molecule has 8 heteroatoms. The van der Waals surface area contributed by atoms with E-state index < -0.39 is 64.0 Å². The Morgan fingerprint density at radius 1 is 1.09 bits per heavy atom. The lowest BCUT2D eigenvalue weighted by Crippen LogP contribution is -2.71. The molecule has 0 radical (unpaired) electrons. The van der Waals surface area contributed by atoms with Crippen LogP contribution in [0.1, 0.15) is 74.1 Å². The standard InChI is InChI=1S/C25H38O8/c1-13-9-10-25(30)12-16-23(6,17(28)11-18(31-8)24(16,7)33-15(3)27)21(29)20(32-14(2)26)19(13)22(25,4)5/h16-18,20,28,30H,9-12H2,1-8H3/t16?,17-,18+,20?,23-,24+,25+/m0/s1. The third kappa shape index (κ3) is 3.65. The van der Waals surface area contributed by atoms with E-state index in [1.54, 1.807) is 13.8 Å². The first-order valence-electron chi connectivity index (χ1n) is 11.6. The second-order valence-electron chi connectivity index (χ2n) is 11.0. The SMILES string of the molecule is CO[C@@H]1C[C@H](O)[C@@]2(C)C(=O)C(OC(C)=O)C3=C(C)CC[C@@](O)(CC2[C@@]1(C)OC(C)=O)C3(C)C. The Bertz CT molecular complexity index is 891. The second-order valence-corrected chi connectivity index (χ2v) is 11.0. The molecule has 0 aromatic heterocycles. The fourth-order valence-electron chi connectivity index (χ4n) is 6.82. The Morgan fingerprint density at radius 3 is 2.21 bits per heavy atom. The van der Waals surface area contributed by atoms with Crippen molar-refractivity contribution in [2.45, 2.75) is 104 Å². The molecule has 2 saturated carbocycles. The fraction of sp³-hybridized carbons (Fsp3) is 0.800. The monoisotopic (exact) mass is 466 g/mol. The summed E-state index contributed by atoms with van der Waals surface area (Å²) in [4.78, 5) is 38.6. The third-order valence-electron chi connectivity index (χ3n) is 8.90. The van der Waals surface area contributed by atoms with Crippen LogP contribution in [0.15, 0.2) is 11.1 Å². The van der Waals surface area contributed by atoms with Gasteiger partial charge in [0.2, 0.25) is 0 Å². The van der Waals surface area contributed by atoms with Crippen LogP contribution in [0.25, 0.3) is 0 Å². The molecular formula is C25H38O8. The summed E-state index contributed by atoms with van der Waals surface area (Å²) in [5, 5.41) is 23.4. The Labute approximate surface area is 195 Å². The highest BCUT2D eigenvalue weighted by Crippen LogP contribution is 2.61. The molecule has 33 heavy (non-hydrogen) atoms. The van der Waals surface area contributed by atoms with Crippen LogP contribution in [0.2, 0.25) is 0 Å². The highest BCUT2D eigenvalue weighted by molar-refractivity contribution is 5.94. The molecule has 7 atom stereocenters. The normalized spacial score (nSPS) is 42.7. The molecule has 0 heterocycles. The number of carbonyl (C=O) groups excluding carboxylic acids is 3. The maximum absolute atomic E-state index is 14.3. The van der Waals surface area contributed by atoms with Crippen LogP contribution in [-0.4, -0.2) is 64.6 Å². The average Bonchev–Trinajstić information content (AvgIpc) is 2.69. The summed E-state index contributed by atoms with van der Waals surface area (Å²) in [7, 11) is 1.47. The van der Waals surface area contributed by atoms with Crippen LogP contribution >= 0.6 is 0 Å². The first kappa shape index (κ1) is 25.8. The number of hydrogen-bond donors (Lipinski definition) is 2. The number of methoxy groups -OCH3 is 1. The molecule has 3 aliphatic rings. The highest BCUT2D eigenvalue weighted by atomic mass is 16.6. The molecule has 0 aromatic carbocycles. The molecule has 2 N–H and O–H groups in total. The molecule has 0 saturated heterocycles. The summed E-state index contributed by atoms with van der Waals surface area (Å²) in [6, 6.07) is 0. The van der Waals surface area contributed by atoms with Crippen molar-refractivity contribution >= 4 is 17.7 Å². The van der Waals surface area contributed by atoms with E-state index in [-0.39, 0.29) is 12.8 Å². The number of ether oxygens (including phenoxy) is 3. The molecule has 3 aliphatic carbocycles. The summed E-state index contributed by atoms with van der Waals surface area (Å²) < 4.78 is 17.1. The van der Waals surface area contributed by atoms with Gasteiger partial charge in [-0.25, -0.2) is 0 Å². The predicted molar refractivity (Wildman–Crippen MR) is 119 cm³/mol. The molecule has 2 unspecified atom stereocenters. The number of Topliss-reactive ketones (excluding diaryl/α,β-unsaturated/α-hetero) is 1. The van der Waals surface area contributed by atoms with E-state index in [0.29, 0.717) is 18.4 Å². The van der Waals surface area contributed by atoms with Gasteiger partial charge in [0.05, 0.1) is 23.2 Å². The largest absolute Gasteiger partial charge is 0.456 e. The maximum Gasteiger partial charge on any atom is 0.303 e. The van der Waals surface area contributed by atoms with Crippen molar-refractivity contribution in [3.63, 3.8) is 0 Å². The quantitative estimate of drug-likeness (QED) is 0.481. The van der Waals surface area contributed by atoms with Crippen LogP contribution < -0.4 is 0 Å². The zero-order chi connectivity index (χ0) is 25.1. The molecular weight excluding hydrogens is 428 g/mol. The van der Waals surface area contributed by atoms with E-state index in [1.165, 1.54) is 21.0 Å². The van der Waals surface area contributed by atoms with Gasteiger partial charge in [0, 0.05) is 38.7 Å². The molecule has 2 fully saturated rings. The second kappa shape index (κ2) is 8.17. The van der Waals surface area contributed by atoms with Crippen molar-refractivity contribution < 1.29 is 38.8 Å². The minimum Gasteiger partial charge on any atom is -0.456 e. The van der Waals surface area contributed by atoms with E-state index in [4.69, 9.17) is 14.2 Å². The van der Waals surface area contributed by atoms with Crippen LogP contribution in [0.4, 0.5) is 0 Å². The third-order valence-corrected chi connectivity index (χ3v) is 8.90. The predicted octanol–water partition coefficient (Wildman–Crippen LogP) is 2.48. The number of hydrogen-bond acceptors (Lipinski definition) is 8. The zero-order valence-electron chi connectivity index (χ0n) is 21.0. The molecule has 0 aromatic rings. The molecule has 2 bridgehead atoms. The topological polar surface area (TPSA) is 119 Å². The fourth-order valence-corrected chi connectivity index (χ4v) is 6.82. The van der Waals surface area contributed by atoms with Gasteiger partial charge >= 0.3 is 11.9 Å². The van der Waals surface area contributed by atoms with Crippen molar-refractivity contribution in [2.24, 2.45) is 16.7 Å². The van der Waals surface area contributed by atoms with Crippen molar-refractivity contribution in [3.8, 4) is 0 Å². The number of esters is 2. The number of allylic oxidation sites excluding steroid dienone is 1. The number of carbonyl (C=O) groups is 3. The maximum atomic E-state index is 14.3. The van der Waals surface area contributed by atoms with Gasteiger partial charge in [-0.05, 0) is 45.6 Å². The van der Waals surface area contributed by atoms with E-state index in [9.17, 15) is 24.6 Å². The Morgan fingerprint density at radius 2 is 1.70 bits per heavy atom. The van der Waals surface area contributed by atoms with Crippen LogP contribution in [0, 0.1) is 16.7 Å². The Hall–Kier alpha value is -1.77. The smallest absolute Gasteiger partial charge is 0.303 e.